The van der Waals surface area contributed by atoms with Crippen molar-refractivity contribution in [1.29, 1.82) is 0 Å². The van der Waals surface area contributed by atoms with Gasteiger partial charge in [-0.1, -0.05) is 6.92 Å². The highest BCUT2D eigenvalue weighted by atomic mass is 79.9. The van der Waals surface area contributed by atoms with E-state index < -0.39 is 5.91 Å². The quantitative estimate of drug-likeness (QED) is 0.808. The van der Waals surface area contributed by atoms with Crippen LogP contribution in [0.3, 0.4) is 0 Å². The lowest BCUT2D eigenvalue weighted by Crippen LogP contribution is -2.15. The maximum Gasteiger partial charge on any atom is 0.252 e. The van der Waals surface area contributed by atoms with Crippen LogP contribution in [0.15, 0.2) is 16.7 Å². The maximum absolute atomic E-state index is 11.0. The van der Waals surface area contributed by atoms with E-state index >= 15 is 0 Å². The molecule has 0 aromatic carbocycles. The molecule has 0 atom stereocenters. The Morgan fingerprint density at radius 3 is 2.93 bits per heavy atom. The lowest BCUT2D eigenvalue weighted by Gasteiger charge is -2.07. The van der Waals surface area contributed by atoms with E-state index in [0.29, 0.717) is 16.0 Å². The summed E-state index contributed by atoms with van der Waals surface area (Å²) in [5, 5.41) is 3.04. The molecule has 3 N–H and O–H groups in total. The third-order valence-electron chi connectivity index (χ3n) is 1.67. The first-order valence-corrected chi connectivity index (χ1v) is 5.14. The van der Waals surface area contributed by atoms with Crippen LogP contribution in [0.4, 0.5) is 5.82 Å². The SMILES string of the molecule is CCCNc1nc(Br)ccc1C(N)=O. The number of carbonyl (C=O) groups excluding carboxylic acids is 1. The minimum atomic E-state index is -0.469. The first-order chi connectivity index (χ1) is 6.65. The number of rotatable bonds is 4. The second kappa shape index (κ2) is 4.95. The van der Waals surface area contributed by atoms with E-state index in [0.717, 1.165) is 13.0 Å². The molecule has 0 radical (unpaired) electrons. The molecule has 0 aliphatic rings. The highest BCUT2D eigenvalue weighted by Gasteiger charge is 2.08. The zero-order valence-electron chi connectivity index (χ0n) is 7.88. The van der Waals surface area contributed by atoms with E-state index in [4.69, 9.17) is 5.73 Å². The van der Waals surface area contributed by atoms with Crippen molar-refractivity contribution in [2.24, 2.45) is 5.73 Å². The van der Waals surface area contributed by atoms with Gasteiger partial charge in [0.25, 0.3) is 5.91 Å². The fourth-order valence-corrected chi connectivity index (χ4v) is 1.32. The molecule has 0 bridgehead atoms. The van der Waals surface area contributed by atoms with Crippen molar-refractivity contribution < 1.29 is 4.79 Å². The third-order valence-corrected chi connectivity index (χ3v) is 2.11. The van der Waals surface area contributed by atoms with Gasteiger partial charge in [0.15, 0.2) is 0 Å². The Labute approximate surface area is 91.0 Å². The van der Waals surface area contributed by atoms with Gasteiger partial charge in [0, 0.05) is 6.54 Å². The Hall–Kier alpha value is -1.10. The maximum atomic E-state index is 11.0. The molecule has 4 nitrogen and oxygen atoms in total. The molecule has 76 valence electrons. The van der Waals surface area contributed by atoms with Crippen LogP contribution in [0.25, 0.3) is 0 Å². The van der Waals surface area contributed by atoms with Crippen LogP contribution in [-0.4, -0.2) is 17.4 Å². The zero-order chi connectivity index (χ0) is 10.6. The predicted octanol–water partition coefficient (Wildman–Crippen LogP) is 1.76. The lowest BCUT2D eigenvalue weighted by atomic mass is 10.2. The van der Waals surface area contributed by atoms with Crippen molar-refractivity contribution in [2.75, 3.05) is 11.9 Å². The summed E-state index contributed by atoms with van der Waals surface area (Å²) in [6, 6.07) is 3.34. The van der Waals surface area contributed by atoms with E-state index in [1.54, 1.807) is 12.1 Å². The molecule has 1 aromatic rings. The van der Waals surface area contributed by atoms with Gasteiger partial charge in [-0.05, 0) is 34.5 Å². The first kappa shape index (κ1) is 11.0. The van der Waals surface area contributed by atoms with Gasteiger partial charge in [-0.3, -0.25) is 4.79 Å². The molecule has 14 heavy (non-hydrogen) atoms. The first-order valence-electron chi connectivity index (χ1n) is 4.35. The van der Waals surface area contributed by atoms with Gasteiger partial charge in [-0.15, -0.1) is 0 Å². The number of nitrogens with one attached hydrogen (secondary N) is 1. The van der Waals surface area contributed by atoms with Crippen molar-refractivity contribution in [1.82, 2.24) is 4.98 Å². The van der Waals surface area contributed by atoms with Gasteiger partial charge in [0.1, 0.15) is 10.4 Å². The van der Waals surface area contributed by atoms with Gasteiger partial charge in [0.2, 0.25) is 0 Å². The van der Waals surface area contributed by atoms with Crippen LogP contribution in [0.5, 0.6) is 0 Å². The molecule has 0 saturated carbocycles. The zero-order valence-corrected chi connectivity index (χ0v) is 9.47. The topological polar surface area (TPSA) is 68.0 Å². The molecule has 0 fully saturated rings. The molecule has 1 heterocycles. The number of nitrogens with zero attached hydrogens (tertiary/aromatic N) is 1. The fraction of sp³-hybridized carbons (Fsp3) is 0.333. The van der Waals surface area contributed by atoms with Crippen LogP contribution in [0, 0.1) is 0 Å². The second-order valence-corrected chi connectivity index (χ2v) is 3.63. The van der Waals surface area contributed by atoms with Gasteiger partial charge in [0.05, 0.1) is 5.56 Å². The van der Waals surface area contributed by atoms with Crippen LogP contribution in [0.2, 0.25) is 0 Å². The van der Waals surface area contributed by atoms with Crippen molar-refractivity contribution >= 4 is 27.7 Å². The molecule has 0 unspecified atom stereocenters. The van der Waals surface area contributed by atoms with Crippen molar-refractivity contribution in [3.63, 3.8) is 0 Å². The molecular formula is C9H12BrN3O. The monoisotopic (exact) mass is 257 g/mol. The number of pyridine rings is 1. The van der Waals surface area contributed by atoms with Crippen LogP contribution in [0.1, 0.15) is 23.7 Å². The van der Waals surface area contributed by atoms with E-state index in [1.807, 2.05) is 6.92 Å². The van der Waals surface area contributed by atoms with Crippen molar-refractivity contribution in [2.45, 2.75) is 13.3 Å². The Balaban J connectivity index is 2.97. The van der Waals surface area contributed by atoms with E-state index in [-0.39, 0.29) is 0 Å². The van der Waals surface area contributed by atoms with Gasteiger partial charge in [-0.2, -0.15) is 0 Å². The molecule has 0 spiro atoms. The number of anilines is 1. The smallest absolute Gasteiger partial charge is 0.252 e. The average molecular weight is 258 g/mol. The van der Waals surface area contributed by atoms with Gasteiger partial charge in [-0.25, -0.2) is 4.98 Å². The van der Waals surface area contributed by atoms with Gasteiger partial charge >= 0.3 is 0 Å². The van der Waals surface area contributed by atoms with Crippen LogP contribution >= 0.6 is 15.9 Å². The summed E-state index contributed by atoms with van der Waals surface area (Å²) in [4.78, 5) is 15.2. The number of nitrogens with two attached hydrogens (primary N) is 1. The lowest BCUT2D eigenvalue weighted by molar-refractivity contribution is 0.100. The summed E-state index contributed by atoms with van der Waals surface area (Å²) in [5.74, 6) is 0.0670. The molecule has 0 saturated heterocycles. The number of hydrogen-bond donors (Lipinski definition) is 2. The molecule has 1 aromatic heterocycles. The fourth-order valence-electron chi connectivity index (χ4n) is 1.01. The molecule has 0 aliphatic carbocycles. The molecule has 1 amide bonds. The Bertz CT molecular complexity index is 341. The highest BCUT2D eigenvalue weighted by Crippen LogP contribution is 2.16. The molecule has 5 heteroatoms. The molecule has 1 rings (SSSR count). The Morgan fingerprint density at radius 2 is 2.36 bits per heavy atom. The molecule has 0 aliphatic heterocycles. The van der Waals surface area contributed by atoms with E-state index in [1.165, 1.54) is 0 Å². The van der Waals surface area contributed by atoms with Crippen molar-refractivity contribution in [3.05, 3.63) is 22.3 Å². The largest absolute Gasteiger partial charge is 0.369 e. The number of aromatic nitrogens is 1. The highest BCUT2D eigenvalue weighted by molar-refractivity contribution is 9.10. The number of primary amides is 1. The number of carbonyl (C=O) groups is 1. The van der Waals surface area contributed by atoms with E-state index in [9.17, 15) is 4.79 Å². The minimum absolute atomic E-state index is 0.418. The predicted molar refractivity (Wildman–Crippen MR) is 59.2 cm³/mol. The normalized spacial score (nSPS) is 9.86. The molecular weight excluding hydrogens is 246 g/mol. The average Bonchev–Trinajstić information content (AvgIpc) is 2.14. The van der Waals surface area contributed by atoms with Gasteiger partial charge < -0.3 is 11.1 Å². The number of halogens is 1. The Morgan fingerprint density at radius 1 is 1.64 bits per heavy atom. The number of hydrogen-bond acceptors (Lipinski definition) is 3. The number of amides is 1. The van der Waals surface area contributed by atoms with Crippen LogP contribution in [-0.2, 0) is 0 Å². The summed E-state index contributed by atoms with van der Waals surface area (Å²) in [6.07, 6.45) is 0.965. The van der Waals surface area contributed by atoms with Crippen molar-refractivity contribution in [3.8, 4) is 0 Å². The standard InChI is InChI=1S/C9H12BrN3O/c1-2-5-12-9-6(8(11)14)3-4-7(10)13-9/h3-4H,2,5H2,1H3,(H2,11,14)(H,12,13). The summed E-state index contributed by atoms with van der Waals surface area (Å²) in [7, 11) is 0. The minimum Gasteiger partial charge on any atom is -0.369 e. The van der Waals surface area contributed by atoms with Crippen LogP contribution < -0.4 is 11.1 Å². The van der Waals surface area contributed by atoms with E-state index in [2.05, 4.69) is 26.2 Å². The summed E-state index contributed by atoms with van der Waals surface area (Å²) in [6.45, 7) is 2.80. The summed E-state index contributed by atoms with van der Waals surface area (Å²) in [5.41, 5.74) is 5.62. The third kappa shape index (κ3) is 2.70. The second-order valence-electron chi connectivity index (χ2n) is 2.82. The summed E-state index contributed by atoms with van der Waals surface area (Å²) < 4.78 is 0.682. The summed E-state index contributed by atoms with van der Waals surface area (Å²) >= 11 is 3.23. The Kier molecular flexibility index (Phi) is 3.88.